The monoisotopic (exact) mass is 265 g/mol. The largest absolute Gasteiger partial charge is 0.508 e. The number of carboxylic acids is 1. The normalized spacial score (nSPS) is 13.3. The van der Waals surface area contributed by atoms with Gasteiger partial charge in [-0.2, -0.15) is 13.2 Å². The van der Waals surface area contributed by atoms with Gasteiger partial charge in [-0.25, -0.2) is 0 Å². The van der Waals surface area contributed by atoms with Crippen molar-refractivity contribution >= 4 is 5.97 Å². The summed E-state index contributed by atoms with van der Waals surface area (Å²) in [4.78, 5) is 10.8. The summed E-state index contributed by atoms with van der Waals surface area (Å²) in [6.07, 6.45) is -4.91. The van der Waals surface area contributed by atoms with Gasteiger partial charge in [-0.3, -0.25) is 4.79 Å². The summed E-state index contributed by atoms with van der Waals surface area (Å²) in [5, 5.41) is 27.4. The van der Waals surface area contributed by atoms with Crippen LogP contribution in [-0.4, -0.2) is 27.8 Å². The molecule has 0 heterocycles. The van der Waals surface area contributed by atoms with Crippen molar-refractivity contribution in [2.75, 3.05) is 6.54 Å². The predicted molar refractivity (Wildman–Crippen MR) is 54.2 cm³/mol. The molecule has 1 atom stereocenters. The molecule has 1 aromatic rings. The molecule has 8 heteroatoms. The summed E-state index contributed by atoms with van der Waals surface area (Å²) < 4.78 is 37.6. The van der Waals surface area contributed by atoms with Crippen LogP contribution in [-0.2, 0) is 11.0 Å². The molecule has 1 unspecified atom stereocenters. The van der Waals surface area contributed by atoms with E-state index >= 15 is 0 Å². The highest BCUT2D eigenvalue weighted by Crippen LogP contribution is 2.42. The van der Waals surface area contributed by atoms with Gasteiger partial charge in [0, 0.05) is 12.1 Å². The Labute approximate surface area is 99.3 Å². The maximum Gasteiger partial charge on any atom is 0.420 e. The lowest BCUT2D eigenvalue weighted by Gasteiger charge is -2.16. The minimum absolute atomic E-state index is 0.314. The number of rotatable bonds is 3. The topological polar surface area (TPSA) is 104 Å². The molecule has 5 N–H and O–H groups in total. The van der Waals surface area contributed by atoms with Gasteiger partial charge < -0.3 is 21.1 Å². The van der Waals surface area contributed by atoms with Crippen molar-refractivity contribution in [2.45, 2.75) is 12.1 Å². The second-order valence-corrected chi connectivity index (χ2v) is 3.56. The molecule has 5 nitrogen and oxygen atoms in total. The van der Waals surface area contributed by atoms with Crippen molar-refractivity contribution in [3.8, 4) is 11.5 Å². The molecule has 0 spiro atoms. The van der Waals surface area contributed by atoms with Crippen LogP contribution in [0.5, 0.6) is 11.5 Å². The Morgan fingerprint density at radius 3 is 2.28 bits per heavy atom. The van der Waals surface area contributed by atoms with E-state index in [2.05, 4.69) is 0 Å². The van der Waals surface area contributed by atoms with Crippen LogP contribution in [0.15, 0.2) is 12.1 Å². The third kappa shape index (κ3) is 2.65. The van der Waals surface area contributed by atoms with Crippen molar-refractivity contribution in [2.24, 2.45) is 5.73 Å². The van der Waals surface area contributed by atoms with Crippen LogP contribution in [0.1, 0.15) is 17.0 Å². The van der Waals surface area contributed by atoms with Crippen molar-refractivity contribution in [3.63, 3.8) is 0 Å². The zero-order valence-electron chi connectivity index (χ0n) is 8.90. The lowest BCUT2D eigenvalue weighted by molar-refractivity contribution is -0.140. The molecule has 0 radical (unpaired) electrons. The Bertz CT molecular complexity index is 473. The van der Waals surface area contributed by atoms with E-state index in [1.807, 2.05) is 0 Å². The zero-order valence-corrected chi connectivity index (χ0v) is 8.90. The number of hydrogen-bond acceptors (Lipinski definition) is 4. The Morgan fingerprint density at radius 2 is 1.89 bits per heavy atom. The molecule has 100 valence electrons. The Balaban J connectivity index is 3.46. The summed E-state index contributed by atoms with van der Waals surface area (Å²) in [5.41, 5.74) is 3.05. The fraction of sp³-hybridized carbons (Fsp3) is 0.300. The van der Waals surface area contributed by atoms with Crippen molar-refractivity contribution in [3.05, 3.63) is 23.3 Å². The average molecular weight is 265 g/mol. The second kappa shape index (κ2) is 4.73. The van der Waals surface area contributed by atoms with E-state index in [9.17, 15) is 23.1 Å². The fourth-order valence-corrected chi connectivity index (χ4v) is 1.48. The van der Waals surface area contributed by atoms with E-state index in [1.165, 1.54) is 0 Å². The van der Waals surface area contributed by atoms with Crippen LogP contribution >= 0.6 is 0 Å². The molecule has 0 saturated heterocycles. The lowest BCUT2D eigenvalue weighted by atomic mass is 9.95. The minimum Gasteiger partial charge on any atom is -0.508 e. The van der Waals surface area contributed by atoms with Gasteiger partial charge in [0.1, 0.15) is 17.1 Å². The molecular formula is C10H10F3NO4. The van der Waals surface area contributed by atoms with Gasteiger partial charge in [-0.05, 0) is 12.1 Å². The smallest absolute Gasteiger partial charge is 0.420 e. The first-order valence-electron chi connectivity index (χ1n) is 4.74. The van der Waals surface area contributed by atoms with Gasteiger partial charge >= 0.3 is 12.1 Å². The molecular weight excluding hydrogens is 255 g/mol. The van der Waals surface area contributed by atoms with Crippen LogP contribution in [0.2, 0.25) is 0 Å². The van der Waals surface area contributed by atoms with E-state index in [0.717, 1.165) is 6.07 Å². The SMILES string of the molecule is NCC(C(=O)O)c1cc(O)cc(C(F)(F)F)c1O. The maximum atomic E-state index is 12.5. The Morgan fingerprint density at radius 1 is 1.33 bits per heavy atom. The summed E-state index contributed by atoms with van der Waals surface area (Å²) in [7, 11) is 0. The minimum atomic E-state index is -4.91. The van der Waals surface area contributed by atoms with E-state index < -0.39 is 47.2 Å². The number of nitrogens with two attached hydrogens (primary N) is 1. The number of hydrogen-bond donors (Lipinski definition) is 4. The number of halogens is 3. The molecule has 0 saturated carbocycles. The van der Waals surface area contributed by atoms with Crippen molar-refractivity contribution < 1.29 is 33.3 Å². The standard InChI is InChI=1S/C10H10F3NO4/c11-10(12,13)7-2-4(15)1-5(8(7)16)6(3-14)9(17)18/h1-2,6,15-16H,3,14H2,(H,17,18). The maximum absolute atomic E-state index is 12.5. The van der Waals surface area contributed by atoms with E-state index in [-0.39, 0.29) is 0 Å². The first-order chi connectivity index (χ1) is 8.18. The highest BCUT2D eigenvalue weighted by atomic mass is 19.4. The van der Waals surface area contributed by atoms with Crippen molar-refractivity contribution in [1.29, 1.82) is 0 Å². The van der Waals surface area contributed by atoms with Gasteiger partial charge in [0.05, 0.1) is 5.92 Å². The molecule has 0 bridgehead atoms. The van der Waals surface area contributed by atoms with Gasteiger partial charge in [0.15, 0.2) is 0 Å². The van der Waals surface area contributed by atoms with Crippen LogP contribution in [0.3, 0.4) is 0 Å². The molecule has 0 amide bonds. The summed E-state index contributed by atoms with van der Waals surface area (Å²) in [6, 6.07) is 1.06. The molecule has 0 aromatic heterocycles. The highest BCUT2D eigenvalue weighted by molar-refractivity contribution is 5.78. The Kier molecular flexibility index (Phi) is 3.70. The van der Waals surface area contributed by atoms with Gasteiger partial charge in [-0.15, -0.1) is 0 Å². The number of carbonyl (C=O) groups is 1. The second-order valence-electron chi connectivity index (χ2n) is 3.56. The number of aliphatic carboxylic acids is 1. The molecule has 0 aliphatic carbocycles. The molecule has 0 fully saturated rings. The zero-order chi connectivity index (χ0) is 14.1. The predicted octanol–water partition coefficient (Wildman–Crippen LogP) is 1.24. The van der Waals surface area contributed by atoms with Crippen LogP contribution in [0.25, 0.3) is 0 Å². The third-order valence-electron chi connectivity index (χ3n) is 2.34. The van der Waals surface area contributed by atoms with Gasteiger partial charge in [-0.1, -0.05) is 0 Å². The van der Waals surface area contributed by atoms with E-state index in [1.54, 1.807) is 0 Å². The van der Waals surface area contributed by atoms with E-state index in [0.29, 0.717) is 6.07 Å². The fourth-order valence-electron chi connectivity index (χ4n) is 1.48. The number of benzene rings is 1. The molecule has 1 aromatic carbocycles. The average Bonchev–Trinajstić information content (AvgIpc) is 2.21. The number of phenols is 2. The number of aromatic hydroxyl groups is 2. The molecule has 0 aliphatic rings. The Hall–Kier alpha value is -1.96. The quantitative estimate of drug-likeness (QED) is 0.616. The first kappa shape index (κ1) is 14.1. The molecule has 0 aliphatic heterocycles. The number of phenolic OH excluding ortho intramolecular Hbond substituents is 2. The van der Waals surface area contributed by atoms with Gasteiger partial charge in [0.25, 0.3) is 0 Å². The van der Waals surface area contributed by atoms with Crippen LogP contribution < -0.4 is 5.73 Å². The van der Waals surface area contributed by atoms with Crippen LogP contribution in [0.4, 0.5) is 13.2 Å². The number of alkyl halides is 3. The summed E-state index contributed by atoms with van der Waals surface area (Å²) in [6.45, 7) is -0.510. The number of carboxylic acid groups (broad SMARTS) is 1. The third-order valence-corrected chi connectivity index (χ3v) is 2.34. The summed E-state index contributed by atoms with van der Waals surface area (Å²) >= 11 is 0. The van der Waals surface area contributed by atoms with Crippen molar-refractivity contribution in [1.82, 2.24) is 0 Å². The first-order valence-corrected chi connectivity index (χ1v) is 4.74. The molecule has 18 heavy (non-hydrogen) atoms. The molecule has 1 rings (SSSR count). The van der Waals surface area contributed by atoms with Gasteiger partial charge in [0.2, 0.25) is 0 Å². The van der Waals surface area contributed by atoms with E-state index in [4.69, 9.17) is 15.9 Å². The lowest BCUT2D eigenvalue weighted by Crippen LogP contribution is -2.22. The highest BCUT2D eigenvalue weighted by Gasteiger charge is 2.37. The summed E-state index contributed by atoms with van der Waals surface area (Å²) in [5.74, 6) is -5.06. The van der Waals surface area contributed by atoms with Crippen LogP contribution in [0, 0.1) is 0 Å².